The molecule has 2 aromatic carbocycles. The number of hydrogen-bond acceptors (Lipinski definition) is 4. The molecule has 0 bridgehead atoms. The number of benzene rings is 2. The Morgan fingerprint density at radius 1 is 0.967 bits per heavy atom. The van der Waals surface area contributed by atoms with Gasteiger partial charge in [-0.1, -0.05) is 37.1 Å². The van der Waals surface area contributed by atoms with Gasteiger partial charge in [-0.05, 0) is 49.9 Å². The van der Waals surface area contributed by atoms with Crippen LogP contribution in [0.2, 0.25) is 0 Å². The van der Waals surface area contributed by atoms with Gasteiger partial charge in [-0.25, -0.2) is 0 Å². The van der Waals surface area contributed by atoms with Crippen molar-refractivity contribution in [1.29, 1.82) is 0 Å². The van der Waals surface area contributed by atoms with Gasteiger partial charge in [-0.3, -0.25) is 9.59 Å². The van der Waals surface area contributed by atoms with Crippen molar-refractivity contribution in [3.63, 3.8) is 0 Å². The second-order valence-electron chi connectivity index (χ2n) is 7.98. The van der Waals surface area contributed by atoms with Gasteiger partial charge in [0, 0.05) is 29.7 Å². The van der Waals surface area contributed by atoms with Gasteiger partial charge in [0.25, 0.3) is 5.91 Å². The van der Waals surface area contributed by atoms with Crippen molar-refractivity contribution >= 4 is 29.3 Å². The molecule has 1 aliphatic carbocycles. The number of carbonyl (C=O) groups is 2. The maximum absolute atomic E-state index is 13.3. The average Bonchev–Trinajstić information content (AvgIpc) is 3.46. The van der Waals surface area contributed by atoms with Crippen LogP contribution >= 0.6 is 11.8 Å². The highest BCUT2D eigenvalue weighted by atomic mass is 32.2. The van der Waals surface area contributed by atoms with Crippen molar-refractivity contribution in [2.45, 2.75) is 48.2 Å². The van der Waals surface area contributed by atoms with Gasteiger partial charge in [0.2, 0.25) is 5.91 Å². The predicted molar refractivity (Wildman–Crippen MR) is 120 cm³/mol. The molecule has 4 rings (SSSR count). The molecule has 2 aromatic rings. The highest BCUT2D eigenvalue weighted by molar-refractivity contribution is 8.01. The minimum atomic E-state index is -0.441. The lowest BCUT2D eigenvalue weighted by molar-refractivity contribution is -0.132. The second kappa shape index (κ2) is 9.56. The monoisotopic (exact) mass is 424 g/mol. The Morgan fingerprint density at radius 2 is 1.70 bits per heavy atom. The molecule has 1 aliphatic heterocycles. The summed E-state index contributed by atoms with van der Waals surface area (Å²) in [6.45, 7) is 1.67. The van der Waals surface area contributed by atoms with Crippen LogP contribution in [0.5, 0.6) is 5.75 Å². The van der Waals surface area contributed by atoms with Gasteiger partial charge in [0.1, 0.15) is 5.75 Å². The molecule has 0 unspecified atom stereocenters. The molecule has 1 N–H and O–H groups in total. The minimum absolute atomic E-state index is 0.0195. The molecule has 6 heteroatoms. The van der Waals surface area contributed by atoms with Crippen molar-refractivity contribution in [2.75, 3.05) is 25.0 Å². The first kappa shape index (κ1) is 20.8. The van der Waals surface area contributed by atoms with E-state index >= 15 is 0 Å². The molecular formula is C24H28N2O3S. The predicted octanol–water partition coefficient (Wildman–Crippen LogP) is 4.73. The van der Waals surface area contributed by atoms with Crippen LogP contribution in [0.25, 0.3) is 0 Å². The van der Waals surface area contributed by atoms with Crippen molar-refractivity contribution in [2.24, 2.45) is 0 Å². The highest BCUT2D eigenvalue weighted by Gasteiger charge is 2.42. The molecule has 2 aliphatic rings. The fourth-order valence-corrected chi connectivity index (χ4v) is 5.53. The summed E-state index contributed by atoms with van der Waals surface area (Å²) in [5.41, 5.74) is 0.700. The second-order valence-corrected chi connectivity index (χ2v) is 9.43. The smallest absolute Gasteiger partial charge is 0.260 e. The van der Waals surface area contributed by atoms with E-state index < -0.39 is 4.75 Å². The lowest BCUT2D eigenvalue weighted by Crippen LogP contribution is -2.37. The number of likely N-dealkylation sites (tertiary alicyclic amines) is 1. The number of carbonyl (C=O) groups excluding carboxylic acids is 2. The summed E-state index contributed by atoms with van der Waals surface area (Å²) in [5, 5.41) is 3.09. The van der Waals surface area contributed by atoms with Crippen molar-refractivity contribution < 1.29 is 14.3 Å². The van der Waals surface area contributed by atoms with Crippen LogP contribution < -0.4 is 10.1 Å². The van der Waals surface area contributed by atoms with Crippen LogP contribution in [0.15, 0.2) is 59.5 Å². The summed E-state index contributed by atoms with van der Waals surface area (Å²) >= 11 is 1.67. The molecule has 1 saturated heterocycles. The first-order valence-electron chi connectivity index (χ1n) is 10.7. The van der Waals surface area contributed by atoms with Crippen LogP contribution in [0.3, 0.4) is 0 Å². The Hall–Kier alpha value is -2.47. The van der Waals surface area contributed by atoms with E-state index in [1.807, 2.05) is 41.3 Å². The maximum Gasteiger partial charge on any atom is 0.260 e. The quantitative estimate of drug-likeness (QED) is 0.698. The van der Waals surface area contributed by atoms with E-state index in [0.29, 0.717) is 11.4 Å². The minimum Gasteiger partial charge on any atom is -0.484 e. The van der Waals surface area contributed by atoms with E-state index in [4.69, 9.17) is 4.74 Å². The zero-order valence-electron chi connectivity index (χ0n) is 17.1. The number of anilines is 1. The summed E-state index contributed by atoms with van der Waals surface area (Å²) in [6, 6.07) is 17.4. The summed E-state index contributed by atoms with van der Waals surface area (Å²) in [6.07, 6.45) is 6.01. The van der Waals surface area contributed by atoms with Gasteiger partial charge in [0.15, 0.2) is 6.61 Å². The number of rotatable bonds is 7. The number of hydrogen-bond donors (Lipinski definition) is 1. The highest BCUT2D eigenvalue weighted by Crippen LogP contribution is 2.46. The standard InChI is InChI=1S/C24H28N2O3S/c27-22(26-15-6-7-16-26)18-29-20-10-8-9-19(17-20)25-23(28)24(13-4-5-14-24)30-21-11-2-1-3-12-21/h1-3,8-12,17H,4-7,13-16,18H2,(H,25,28). The summed E-state index contributed by atoms with van der Waals surface area (Å²) in [4.78, 5) is 28.4. The van der Waals surface area contributed by atoms with Gasteiger partial charge in [-0.2, -0.15) is 0 Å². The van der Waals surface area contributed by atoms with E-state index in [9.17, 15) is 9.59 Å². The third-order valence-corrected chi connectivity index (χ3v) is 7.29. The van der Waals surface area contributed by atoms with Gasteiger partial charge in [-0.15, -0.1) is 11.8 Å². The Morgan fingerprint density at radius 3 is 2.43 bits per heavy atom. The van der Waals surface area contributed by atoms with Gasteiger partial charge >= 0.3 is 0 Å². The molecule has 0 atom stereocenters. The van der Waals surface area contributed by atoms with Crippen molar-refractivity contribution in [3.05, 3.63) is 54.6 Å². The molecule has 2 amide bonds. The van der Waals surface area contributed by atoms with Crippen LogP contribution in [0.4, 0.5) is 5.69 Å². The fourth-order valence-electron chi connectivity index (χ4n) is 4.15. The van der Waals surface area contributed by atoms with Crippen LogP contribution in [-0.2, 0) is 9.59 Å². The molecule has 30 heavy (non-hydrogen) atoms. The number of nitrogens with zero attached hydrogens (tertiary/aromatic N) is 1. The normalized spacial score (nSPS) is 17.7. The van der Waals surface area contributed by atoms with E-state index in [-0.39, 0.29) is 18.4 Å². The summed E-state index contributed by atoms with van der Waals surface area (Å²) < 4.78 is 5.26. The van der Waals surface area contributed by atoms with Crippen molar-refractivity contribution in [1.82, 2.24) is 4.90 Å². The maximum atomic E-state index is 13.3. The SMILES string of the molecule is O=C(COc1cccc(NC(=O)C2(Sc3ccccc3)CCCC2)c1)N1CCCC1. The molecule has 0 radical (unpaired) electrons. The van der Waals surface area contributed by atoms with Crippen LogP contribution in [0, 0.1) is 0 Å². The Labute approximate surface area is 182 Å². The number of amides is 2. The van der Waals surface area contributed by atoms with E-state index in [1.54, 1.807) is 17.8 Å². The largest absolute Gasteiger partial charge is 0.484 e. The molecule has 158 valence electrons. The lowest BCUT2D eigenvalue weighted by Gasteiger charge is -2.27. The van der Waals surface area contributed by atoms with E-state index in [0.717, 1.165) is 56.5 Å². The van der Waals surface area contributed by atoms with Gasteiger partial charge in [0.05, 0.1) is 4.75 Å². The Balaban J connectivity index is 1.39. The number of nitrogens with one attached hydrogen (secondary N) is 1. The summed E-state index contributed by atoms with van der Waals surface area (Å²) in [5.74, 6) is 0.654. The molecule has 0 spiro atoms. The third-order valence-electron chi connectivity index (χ3n) is 5.79. The van der Waals surface area contributed by atoms with E-state index in [2.05, 4.69) is 17.4 Å². The first-order valence-corrected chi connectivity index (χ1v) is 11.5. The Kier molecular flexibility index (Phi) is 6.62. The molecule has 0 aromatic heterocycles. The zero-order chi connectivity index (χ0) is 20.8. The van der Waals surface area contributed by atoms with Crippen molar-refractivity contribution in [3.8, 4) is 5.75 Å². The fraction of sp³-hybridized carbons (Fsp3) is 0.417. The molecule has 1 saturated carbocycles. The summed E-state index contributed by atoms with van der Waals surface area (Å²) in [7, 11) is 0. The number of thioether (sulfide) groups is 1. The zero-order valence-corrected chi connectivity index (χ0v) is 18.0. The number of ether oxygens (including phenoxy) is 1. The molecule has 5 nitrogen and oxygen atoms in total. The van der Waals surface area contributed by atoms with E-state index in [1.165, 1.54) is 0 Å². The van der Waals surface area contributed by atoms with Crippen LogP contribution in [0.1, 0.15) is 38.5 Å². The Bertz CT molecular complexity index is 875. The average molecular weight is 425 g/mol. The molecular weight excluding hydrogens is 396 g/mol. The topological polar surface area (TPSA) is 58.6 Å². The first-order chi connectivity index (χ1) is 14.6. The molecule has 1 heterocycles. The third kappa shape index (κ3) is 4.98. The lowest BCUT2D eigenvalue weighted by atomic mass is 10.1. The van der Waals surface area contributed by atoms with Gasteiger partial charge < -0.3 is 15.0 Å². The van der Waals surface area contributed by atoms with Crippen LogP contribution in [-0.4, -0.2) is 41.2 Å². The molecule has 2 fully saturated rings.